The molecule has 1 aromatic carbocycles. The fourth-order valence-corrected chi connectivity index (χ4v) is 1.35. The minimum atomic E-state index is -1.99. The highest BCUT2D eigenvalue weighted by Gasteiger charge is 2.28. The standard InChI is InChI=1S/C12H15F2NO2.ClH/c1-3-17-12(16)10(14)11(15)8-5-4-7(2)9(13)6-8;/h4-6,10-11H,3,15H2,1-2H3;1H/t10?,11-;/m1./s1. The highest BCUT2D eigenvalue weighted by Crippen LogP contribution is 2.20. The summed E-state index contributed by atoms with van der Waals surface area (Å²) in [6.45, 7) is 3.23. The van der Waals surface area contributed by atoms with Crippen molar-refractivity contribution in [2.75, 3.05) is 6.61 Å². The first-order valence-corrected chi connectivity index (χ1v) is 5.29. The quantitative estimate of drug-likeness (QED) is 0.862. The van der Waals surface area contributed by atoms with Crippen LogP contribution in [-0.4, -0.2) is 18.7 Å². The van der Waals surface area contributed by atoms with Gasteiger partial charge in [0.15, 0.2) is 0 Å². The van der Waals surface area contributed by atoms with E-state index in [4.69, 9.17) is 5.73 Å². The average molecular weight is 280 g/mol. The second kappa shape index (κ2) is 7.28. The second-order valence-electron chi connectivity index (χ2n) is 3.69. The zero-order valence-corrected chi connectivity index (χ0v) is 11.0. The van der Waals surface area contributed by atoms with Crippen molar-refractivity contribution in [3.8, 4) is 0 Å². The summed E-state index contributed by atoms with van der Waals surface area (Å²) >= 11 is 0. The van der Waals surface area contributed by atoms with Gasteiger partial charge >= 0.3 is 5.97 Å². The van der Waals surface area contributed by atoms with E-state index in [1.807, 2.05) is 0 Å². The van der Waals surface area contributed by atoms with Crippen molar-refractivity contribution in [3.63, 3.8) is 0 Å². The van der Waals surface area contributed by atoms with Gasteiger partial charge in [-0.05, 0) is 31.0 Å². The van der Waals surface area contributed by atoms with Crippen LogP contribution in [0.25, 0.3) is 0 Å². The molecule has 102 valence electrons. The number of benzene rings is 1. The fourth-order valence-electron chi connectivity index (χ4n) is 1.35. The number of alkyl halides is 1. The van der Waals surface area contributed by atoms with Gasteiger partial charge in [-0.25, -0.2) is 13.6 Å². The molecule has 0 amide bonds. The maximum atomic E-state index is 13.6. The normalized spacial score (nSPS) is 13.4. The number of hydrogen-bond acceptors (Lipinski definition) is 3. The van der Waals surface area contributed by atoms with Gasteiger partial charge in [-0.2, -0.15) is 0 Å². The molecule has 1 unspecified atom stereocenters. The van der Waals surface area contributed by atoms with E-state index in [9.17, 15) is 13.6 Å². The number of nitrogens with two attached hydrogens (primary N) is 1. The molecule has 2 atom stereocenters. The van der Waals surface area contributed by atoms with E-state index in [-0.39, 0.29) is 24.6 Å². The Morgan fingerprint density at radius 1 is 1.50 bits per heavy atom. The first kappa shape index (κ1) is 16.8. The Labute approximate surface area is 111 Å². The van der Waals surface area contributed by atoms with Crippen LogP contribution in [0, 0.1) is 12.7 Å². The molecule has 0 bridgehead atoms. The van der Waals surface area contributed by atoms with Gasteiger partial charge in [0, 0.05) is 0 Å². The fraction of sp³-hybridized carbons (Fsp3) is 0.417. The first-order valence-electron chi connectivity index (χ1n) is 5.29. The molecule has 18 heavy (non-hydrogen) atoms. The third kappa shape index (κ3) is 3.92. The highest BCUT2D eigenvalue weighted by atomic mass is 35.5. The lowest BCUT2D eigenvalue weighted by Crippen LogP contribution is -2.31. The molecule has 0 aromatic heterocycles. The lowest BCUT2D eigenvalue weighted by Gasteiger charge is -2.16. The molecule has 0 saturated heterocycles. The summed E-state index contributed by atoms with van der Waals surface area (Å²) in [6, 6.07) is 2.90. The van der Waals surface area contributed by atoms with Gasteiger partial charge in [0.25, 0.3) is 0 Å². The summed E-state index contributed by atoms with van der Waals surface area (Å²) < 4.78 is 31.3. The van der Waals surface area contributed by atoms with Crippen LogP contribution in [-0.2, 0) is 9.53 Å². The first-order chi connectivity index (χ1) is 7.97. The molecule has 1 aromatic rings. The maximum absolute atomic E-state index is 13.6. The predicted molar refractivity (Wildman–Crippen MR) is 66.8 cm³/mol. The Morgan fingerprint density at radius 3 is 2.61 bits per heavy atom. The number of ether oxygens (including phenoxy) is 1. The highest BCUT2D eigenvalue weighted by molar-refractivity contribution is 5.85. The molecule has 0 radical (unpaired) electrons. The Kier molecular flexibility index (Phi) is 6.80. The van der Waals surface area contributed by atoms with Crippen molar-refractivity contribution in [1.29, 1.82) is 0 Å². The number of hydrogen-bond donors (Lipinski definition) is 1. The Hall–Kier alpha value is -1.20. The molecule has 0 aliphatic rings. The van der Waals surface area contributed by atoms with Gasteiger partial charge in [0.2, 0.25) is 6.17 Å². The van der Waals surface area contributed by atoms with Crippen molar-refractivity contribution in [2.24, 2.45) is 5.73 Å². The summed E-state index contributed by atoms with van der Waals surface area (Å²) in [4.78, 5) is 11.1. The molecule has 3 nitrogen and oxygen atoms in total. The number of halogens is 3. The van der Waals surface area contributed by atoms with Crippen LogP contribution in [0.15, 0.2) is 18.2 Å². The minimum absolute atomic E-state index is 0. The van der Waals surface area contributed by atoms with Crippen molar-refractivity contribution in [1.82, 2.24) is 0 Å². The summed E-state index contributed by atoms with van der Waals surface area (Å²) in [7, 11) is 0. The number of aryl methyl sites for hydroxylation is 1. The number of esters is 1. The molecule has 6 heteroatoms. The Bertz CT molecular complexity index is 415. The van der Waals surface area contributed by atoms with E-state index in [1.54, 1.807) is 13.8 Å². The van der Waals surface area contributed by atoms with Crippen molar-refractivity contribution >= 4 is 18.4 Å². The van der Waals surface area contributed by atoms with Gasteiger partial charge in [0.05, 0.1) is 12.6 Å². The SMILES string of the molecule is CCOC(=O)C(F)[C@H](N)c1ccc(C)c(F)c1.Cl. The molecule has 2 N–H and O–H groups in total. The molecule has 0 aliphatic heterocycles. The predicted octanol–water partition coefficient (Wildman–Crippen LogP) is 2.46. The number of carbonyl (C=O) groups is 1. The van der Waals surface area contributed by atoms with E-state index in [1.165, 1.54) is 12.1 Å². The van der Waals surface area contributed by atoms with E-state index in [2.05, 4.69) is 4.74 Å². The summed E-state index contributed by atoms with van der Waals surface area (Å²) in [5.74, 6) is -1.50. The van der Waals surface area contributed by atoms with Crippen LogP contribution >= 0.6 is 12.4 Å². The molecule has 0 fully saturated rings. The van der Waals surface area contributed by atoms with Crippen molar-refractivity contribution in [3.05, 3.63) is 35.1 Å². The van der Waals surface area contributed by atoms with Crippen LogP contribution in [0.1, 0.15) is 24.1 Å². The van der Waals surface area contributed by atoms with Gasteiger partial charge in [-0.1, -0.05) is 12.1 Å². The summed E-state index contributed by atoms with van der Waals surface area (Å²) in [5, 5.41) is 0. The zero-order valence-electron chi connectivity index (χ0n) is 10.2. The van der Waals surface area contributed by atoms with Gasteiger partial charge in [-0.15, -0.1) is 12.4 Å². The van der Waals surface area contributed by atoms with Crippen LogP contribution in [0.2, 0.25) is 0 Å². The monoisotopic (exact) mass is 279 g/mol. The van der Waals surface area contributed by atoms with Crippen molar-refractivity contribution < 1.29 is 18.3 Å². The maximum Gasteiger partial charge on any atom is 0.342 e. The van der Waals surface area contributed by atoms with Crippen LogP contribution in [0.4, 0.5) is 8.78 Å². The Balaban J connectivity index is 0.00000289. The molecule has 0 aliphatic carbocycles. The largest absolute Gasteiger partial charge is 0.464 e. The van der Waals surface area contributed by atoms with E-state index < -0.39 is 24.0 Å². The van der Waals surface area contributed by atoms with Gasteiger partial charge in [-0.3, -0.25) is 0 Å². The lowest BCUT2D eigenvalue weighted by atomic mass is 10.0. The molecule has 1 rings (SSSR count). The van der Waals surface area contributed by atoms with Crippen LogP contribution in [0.5, 0.6) is 0 Å². The van der Waals surface area contributed by atoms with Gasteiger partial charge < -0.3 is 10.5 Å². The molecule has 0 heterocycles. The summed E-state index contributed by atoms with van der Waals surface area (Å²) in [6.07, 6.45) is -1.99. The number of rotatable bonds is 4. The van der Waals surface area contributed by atoms with Gasteiger partial charge in [0.1, 0.15) is 5.82 Å². The van der Waals surface area contributed by atoms with Crippen LogP contribution < -0.4 is 5.73 Å². The Morgan fingerprint density at radius 2 is 2.11 bits per heavy atom. The third-order valence-electron chi connectivity index (χ3n) is 2.41. The molecular weight excluding hydrogens is 264 g/mol. The summed E-state index contributed by atoms with van der Waals surface area (Å²) in [5.41, 5.74) is 6.21. The zero-order chi connectivity index (χ0) is 13.0. The van der Waals surface area contributed by atoms with E-state index in [0.717, 1.165) is 6.07 Å². The smallest absolute Gasteiger partial charge is 0.342 e. The third-order valence-corrected chi connectivity index (χ3v) is 2.41. The lowest BCUT2D eigenvalue weighted by molar-refractivity contribution is -0.149. The minimum Gasteiger partial charge on any atom is -0.464 e. The number of carbonyl (C=O) groups excluding carboxylic acids is 1. The second-order valence-corrected chi connectivity index (χ2v) is 3.69. The van der Waals surface area contributed by atoms with E-state index in [0.29, 0.717) is 5.56 Å². The van der Waals surface area contributed by atoms with Crippen molar-refractivity contribution in [2.45, 2.75) is 26.1 Å². The average Bonchev–Trinajstić information content (AvgIpc) is 2.31. The molecular formula is C12H16ClF2NO2. The van der Waals surface area contributed by atoms with E-state index >= 15 is 0 Å². The molecule has 0 saturated carbocycles. The molecule has 0 spiro atoms. The van der Waals surface area contributed by atoms with Crippen LogP contribution in [0.3, 0.4) is 0 Å². The topological polar surface area (TPSA) is 52.3 Å².